The average molecular weight is 338 g/mol. The number of unbranched alkanes of at least 4 members (excludes halogenated alkanes) is 1. The largest absolute Gasteiger partial charge is 0.494 e. The Morgan fingerprint density at radius 2 is 1.67 bits per heavy atom. The van der Waals surface area contributed by atoms with E-state index in [1.165, 1.54) is 9.79 Å². The molecule has 0 N–H and O–H groups in total. The lowest BCUT2D eigenvalue weighted by Gasteiger charge is -2.10. The van der Waals surface area contributed by atoms with E-state index in [1.54, 1.807) is 0 Å². The van der Waals surface area contributed by atoms with Gasteiger partial charge in [0.25, 0.3) is 0 Å². The van der Waals surface area contributed by atoms with Crippen LogP contribution in [0.5, 0.6) is 5.75 Å². The van der Waals surface area contributed by atoms with Crippen LogP contribution >= 0.6 is 0 Å². The van der Waals surface area contributed by atoms with E-state index in [0.717, 1.165) is 30.1 Å². The lowest BCUT2D eigenvalue weighted by Crippen LogP contribution is -2.06. The summed E-state index contributed by atoms with van der Waals surface area (Å²) < 4.78 is 5.77. The van der Waals surface area contributed by atoms with E-state index in [9.17, 15) is 0 Å². The fraction of sp³-hybridized carbons (Fsp3) is 0.182. The number of hydrogen-bond donors (Lipinski definition) is 0. The van der Waals surface area contributed by atoms with Gasteiger partial charge in [-0.1, -0.05) is 50.8 Å². The van der Waals surface area contributed by atoms with Gasteiger partial charge in [-0.15, -0.1) is 0 Å². The molecule has 0 radical (unpaired) electrons. The molecule has 0 bridgehead atoms. The van der Waals surface area contributed by atoms with Crippen LogP contribution in [0.3, 0.4) is 0 Å². The van der Waals surface area contributed by atoms with Crippen molar-refractivity contribution in [2.45, 2.75) is 29.6 Å². The average Bonchev–Trinajstić information content (AvgIpc) is 2.63. The molecule has 124 valence electrons. The summed E-state index contributed by atoms with van der Waals surface area (Å²) in [6.45, 7) is 10.8. The Kier molecular flexibility index (Phi) is 7.44. The Hall–Kier alpha value is -2.19. The molecular formula is C22H25OS+. The highest BCUT2D eigenvalue weighted by atomic mass is 32.2. The maximum atomic E-state index is 5.77. The molecule has 1 unspecified atom stereocenters. The second kappa shape index (κ2) is 9.84. The molecule has 0 saturated carbocycles. The first-order valence-corrected chi connectivity index (χ1v) is 9.50. The van der Waals surface area contributed by atoms with Crippen molar-refractivity contribution in [2.75, 3.05) is 6.61 Å². The minimum atomic E-state index is -0.188. The topological polar surface area (TPSA) is 9.23 Å². The predicted octanol–water partition coefficient (Wildman–Crippen LogP) is 6.16. The zero-order valence-corrected chi connectivity index (χ0v) is 15.1. The van der Waals surface area contributed by atoms with Crippen LogP contribution in [0.4, 0.5) is 0 Å². The third-order valence-electron chi connectivity index (χ3n) is 3.52. The third kappa shape index (κ3) is 4.90. The first-order chi connectivity index (χ1) is 11.8. The second-order valence-electron chi connectivity index (χ2n) is 5.30. The Morgan fingerprint density at radius 1 is 1.00 bits per heavy atom. The molecule has 1 atom stereocenters. The molecule has 1 nitrogen and oxygen atoms in total. The first kappa shape index (κ1) is 18.2. The van der Waals surface area contributed by atoms with Gasteiger partial charge in [0.1, 0.15) is 5.75 Å². The summed E-state index contributed by atoms with van der Waals surface area (Å²) in [4.78, 5) is 3.68. The monoisotopic (exact) mass is 337 g/mol. The Bertz CT molecular complexity index is 671. The summed E-state index contributed by atoms with van der Waals surface area (Å²) in [6, 6.07) is 18.9. The molecule has 0 fully saturated rings. The Morgan fingerprint density at radius 3 is 2.25 bits per heavy atom. The van der Waals surface area contributed by atoms with Crippen molar-refractivity contribution in [1.82, 2.24) is 0 Å². The molecule has 2 heteroatoms. The minimum absolute atomic E-state index is 0.188. The zero-order valence-electron chi connectivity index (χ0n) is 14.3. The van der Waals surface area contributed by atoms with Gasteiger partial charge >= 0.3 is 0 Å². The van der Waals surface area contributed by atoms with E-state index < -0.39 is 0 Å². The van der Waals surface area contributed by atoms with Crippen LogP contribution in [0.15, 0.2) is 101 Å². The molecular weight excluding hydrogens is 312 g/mol. The van der Waals surface area contributed by atoms with Gasteiger partial charge in [0.2, 0.25) is 0 Å². The van der Waals surface area contributed by atoms with E-state index >= 15 is 0 Å². The standard InChI is InChI=1S/C22H25OS/c1-4-7-18-23-19-14-16-22(17-15-19)24(20(6-3)11-5-2)21-12-9-8-10-13-21/h5-6,8-17H,2-4,7,18H2,1H3/q+1/b20-11+. The van der Waals surface area contributed by atoms with Gasteiger partial charge in [0.15, 0.2) is 14.7 Å². The summed E-state index contributed by atoms with van der Waals surface area (Å²) in [6.07, 6.45) is 8.00. The highest BCUT2D eigenvalue weighted by Gasteiger charge is 2.28. The van der Waals surface area contributed by atoms with Gasteiger partial charge in [-0.3, -0.25) is 0 Å². The maximum absolute atomic E-state index is 5.77. The van der Waals surface area contributed by atoms with Gasteiger partial charge in [0, 0.05) is 0 Å². The highest BCUT2D eigenvalue weighted by molar-refractivity contribution is 8.00. The Balaban J connectivity index is 2.32. The summed E-state index contributed by atoms with van der Waals surface area (Å²) in [5.74, 6) is 0.927. The fourth-order valence-corrected chi connectivity index (χ4v) is 4.36. The van der Waals surface area contributed by atoms with Crippen LogP contribution < -0.4 is 4.74 Å². The van der Waals surface area contributed by atoms with Crippen molar-refractivity contribution in [3.63, 3.8) is 0 Å². The molecule has 0 aliphatic carbocycles. The summed E-state index contributed by atoms with van der Waals surface area (Å²) in [5.41, 5.74) is 0. The summed E-state index contributed by atoms with van der Waals surface area (Å²) >= 11 is 0. The molecule has 0 heterocycles. The third-order valence-corrected chi connectivity index (χ3v) is 5.79. The molecule has 0 aliphatic rings. The molecule has 2 rings (SSSR count). The maximum Gasteiger partial charge on any atom is 0.166 e. The molecule has 0 aromatic heterocycles. The molecule has 0 saturated heterocycles. The van der Waals surface area contributed by atoms with E-state index in [2.05, 4.69) is 68.6 Å². The van der Waals surface area contributed by atoms with E-state index in [4.69, 9.17) is 4.74 Å². The molecule has 24 heavy (non-hydrogen) atoms. The fourth-order valence-electron chi connectivity index (χ4n) is 2.31. The van der Waals surface area contributed by atoms with Gasteiger partial charge in [-0.05, 0) is 55.0 Å². The van der Waals surface area contributed by atoms with Gasteiger partial charge < -0.3 is 4.74 Å². The molecule has 0 amide bonds. The SMILES string of the molecule is C=C/C=C(\C=C)[S+](c1ccccc1)c1ccc(OCCCC)cc1. The van der Waals surface area contributed by atoms with Crippen LogP contribution in [0.2, 0.25) is 0 Å². The van der Waals surface area contributed by atoms with E-state index in [-0.39, 0.29) is 10.9 Å². The van der Waals surface area contributed by atoms with Gasteiger partial charge in [-0.2, -0.15) is 0 Å². The number of ether oxygens (including phenoxy) is 1. The quantitative estimate of drug-likeness (QED) is 0.302. The van der Waals surface area contributed by atoms with Crippen molar-refractivity contribution in [3.05, 3.63) is 90.9 Å². The van der Waals surface area contributed by atoms with Crippen LogP contribution in [0.25, 0.3) is 0 Å². The van der Waals surface area contributed by atoms with Crippen LogP contribution in [0, 0.1) is 0 Å². The van der Waals surface area contributed by atoms with Gasteiger partial charge in [0.05, 0.1) is 17.5 Å². The molecule has 0 spiro atoms. The highest BCUT2D eigenvalue weighted by Crippen LogP contribution is 2.31. The van der Waals surface area contributed by atoms with Crippen LogP contribution in [-0.4, -0.2) is 6.61 Å². The van der Waals surface area contributed by atoms with Crippen LogP contribution in [-0.2, 0) is 10.9 Å². The normalized spacial score (nSPS) is 12.5. The number of rotatable bonds is 9. The van der Waals surface area contributed by atoms with Crippen molar-refractivity contribution in [2.24, 2.45) is 0 Å². The van der Waals surface area contributed by atoms with Crippen molar-refractivity contribution < 1.29 is 4.74 Å². The lowest BCUT2D eigenvalue weighted by molar-refractivity contribution is 0.309. The van der Waals surface area contributed by atoms with Crippen molar-refractivity contribution >= 4 is 10.9 Å². The van der Waals surface area contributed by atoms with Crippen LogP contribution in [0.1, 0.15) is 19.8 Å². The number of benzene rings is 2. The number of hydrogen-bond acceptors (Lipinski definition) is 1. The zero-order chi connectivity index (χ0) is 17.2. The molecule has 0 aliphatic heterocycles. The smallest absolute Gasteiger partial charge is 0.166 e. The minimum Gasteiger partial charge on any atom is -0.494 e. The summed E-state index contributed by atoms with van der Waals surface area (Å²) in [5, 5.41) is 0. The first-order valence-electron chi connectivity index (χ1n) is 8.27. The summed E-state index contributed by atoms with van der Waals surface area (Å²) in [7, 11) is -0.188. The predicted molar refractivity (Wildman–Crippen MR) is 106 cm³/mol. The second-order valence-corrected chi connectivity index (χ2v) is 7.33. The van der Waals surface area contributed by atoms with Crippen molar-refractivity contribution in [3.8, 4) is 5.75 Å². The number of allylic oxidation sites excluding steroid dienone is 3. The van der Waals surface area contributed by atoms with Crippen molar-refractivity contribution in [1.29, 1.82) is 0 Å². The molecule has 2 aromatic rings. The van der Waals surface area contributed by atoms with Gasteiger partial charge in [-0.25, -0.2) is 0 Å². The van der Waals surface area contributed by atoms with E-state index in [0.29, 0.717) is 0 Å². The van der Waals surface area contributed by atoms with E-state index in [1.807, 2.05) is 24.3 Å². The lowest BCUT2D eigenvalue weighted by atomic mass is 10.3. The Labute approximate surface area is 148 Å². The molecule has 2 aromatic carbocycles.